The lowest BCUT2D eigenvalue weighted by Crippen LogP contribution is -2.26. The predicted octanol–water partition coefficient (Wildman–Crippen LogP) is 0.937. The Labute approximate surface area is 99.0 Å². The van der Waals surface area contributed by atoms with E-state index in [-0.39, 0.29) is 0 Å². The molecule has 0 radical (unpaired) electrons. The van der Waals surface area contributed by atoms with Gasteiger partial charge in [-0.2, -0.15) is 10.1 Å². The Bertz CT molecular complexity index is 497. The summed E-state index contributed by atoms with van der Waals surface area (Å²) in [4.78, 5) is 4.46. The molecule has 3 heterocycles. The van der Waals surface area contributed by atoms with E-state index < -0.39 is 0 Å². The Morgan fingerprint density at radius 3 is 2.94 bits per heavy atom. The van der Waals surface area contributed by atoms with Crippen molar-refractivity contribution in [2.45, 2.75) is 18.8 Å². The fourth-order valence-corrected chi connectivity index (χ4v) is 2.12. The molecule has 0 saturated carbocycles. The highest BCUT2D eigenvalue weighted by Crippen LogP contribution is 2.25. The number of piperidine rings is 1. The van der Waals surface area contributed by atoms with Crippen LogP contribution in [-0.2, 0) is 7.05 Å². The topological polar surface area (TPSA) is 68.8 Å². The van der Waals surface area contributed by atoms with Gasteiger partial charge in [0.15, 0.2) is 0 Å². The molecule has 0 aromatic carbocycles. The molecule has 6 nitrogen and oxygen atoms in total. The SMILES string of the molecule is Cn1cc(-c2noc(C3CCNCC3)n2)cn1. The Morgan fingerprint density at radius 2 is 2.24 bits per heavy atom. The molecule has 2 aromatic heterocycles. The van der Waals surface area contributed by atoms with Crippen molar-refractivity contribution in [2.75, 3.05) is 13.1 Å². The molecule has 90 valence electrons. The Balaban J connectivity index is 1.82. The van der Waals surface area contributed by atoms with Crippen LogP contribution < -0.4 is 5.32 Å². The molecular weight excluding hydrogens is 218 g/mol. The Morgan fingerprint density at radius 1 is 1.41 bits per heavy atom. The molecule has 6 heteroatoms. The lowest BCUT2D eigenvalue weighted by molar-refractivity contribution is 0.320. The van der Waals surface area contributed by atoms with E-state index in [9.17, 15) is 0 Å². The molecule has 1 fully saturated rings. The summed E-state index contributed by atoms with van der Waals surface area (Å²) in [6.45, 7) is 2.05. The van der Waals surface area contributed by atoms with Crippen molar-refractivity contribution in [1.82, 2.24) is 25.2 Å². The number of hydrogen-bond acceptors (Lipinski definition) is 5. The van der Waals surface area contributed by atoms with Crippen molar-refractivity contribution < 1.29 is 4.52 Å². The molecule has 0 unspecified atom stereocenters. The van der Waals surface area contributed by atoms with Gasteiger partial charge in [0, 0.05) is 19.2 Å². The maximum absolute atomic E-state index is 5.34. The third-order valence-electron chi connectivity index (χ3n) is 3.09. The molecule has 3 rings (SSSR count). The van der Waals surface area contributed by atoms with Gasteiger partial charge in [0.25, 0.3) is 0 Å². The van der Waals surface area contributed by atoms with Crippen LogP contribution in [0, 0.1) is 0 Å². The number of aromatic nitrogens is 4. The quantitative estimate of drug-likeness (QED) is 0.836. The first-order chi connectivity index (χ1) is 8.33. The third kappa shape index (κ3) is 2.08. The molecular formula is C11H15N5O. The number of nitrogens with one attached hydrogen (secondary N) is 1. The highest BCUT2D eigenvalue weighted by molar-refractivity contribution is 5.51. The third-order valence-corrected chi connectivity index (χ3v) is 3.09. The summed E-state index contributed by atoms with van der Waals surface area (Å²) < 4.78 is 7.07. The molecule has 0 spiro atoms. The lowest BCUT2D eigenvalue weighted by atomic mass is 9.98. The number of nitrogens with zero attached hydrogens (tertiary/aromatic N) is 4. The van der Waals surface area contributed by atoms with Gasteiger partial charge in [-0.3, -0.25) is 4.68 Å². The molecule has 0 aliphatic carbocycles. The van der Waals surface area contributed by atoms with Crippen LogP contribution in [0.2, 0.25) is 0 Å². The molecule has 1 aliphatic heterocycles. The summed E-state index contributed by atoms with van der Waals surface area (Å²) >= 11 is 0. The highest BCUT2D eigenvalue weighted by atomic mass is 16.5. The van der Waals surface area contributed by atoms with Gasteiger partial charge < -0.3 is 9.84 Å². The lowest BCUT2D eigenvalue weighted by Gasteiger charge is -2.18. The highest BCUT2D eigenvalue weighted by Gasteiger charge is 2.21. The number of hydrogen-bond donors (Lipinski definition) is 1. The monoisotopic (exact) mass is 233 g/mol. The second-order valence-electron chi connectivity index (χ2n) is 4.38. The molecule has 17 heavy (non-hydrogen) atoms. The van der Waals surface area contributed by atoms with Crippen molar-refractivity contribution in [3.05, 3.63) is 18.3 Å². The molecule has 1 N–H and O–H groups in total. The van der Waals surface area contributed by atoms with Crippen molar-refractivity contribution in [2.24, 2.45) is 7.05 Å². The van der Waals surface area contributed by atoms with Crippen LogP contribution >= 0.6 is 0 Å². The van der Waals surface area contributed by atoms with Crippen LogP contribution in [0.1, 0.15) is 24.7 Å². The van der Waals surface area contributed by atoms with E-state index in [2.05, 4.69) is 20.6 Å². The van der Waals surface area contributed by atoms with Crippen LogP contribution in [0.4, 0.5) is 0 Å². The first-order valence-electron chi connectivity index (χ1n) is 5.86. The van der Waals surface area contributed by atoms with E-state index >= 15 is 0 Å². The van der Waals surface area contributed by atoms with Gasteiger partial charge in [0.2, 0.25) is 11.7 Å². The maximum atomic E-state index is 5.34. The summed E-state index contributed by atoms with van der Waals surface area (Å²) in [5, 5.41) is 11.4. The first kappa shape index (κ1) is 10.5. The normalized spacial score (nSPS) is 17.5. The standard InChI is InChI=1S/C11H15N5O/c1-16-7-9(6-13-16)10-14-11(17-15-10)8-2-4-12-5-3-8/h6-8,12H,2-5H2,1H3. The first-order valence-corrected chi connectivity index (χ1v) is 5.86. The summed E-state index contributed by atoms with van der Waals surface area (Å²) in [7, 11) is 1.87. The minimum absolute atomic E-state index is 0.397. The average molecular weight is 233 g/mol. The van der Waals surface area contributed by atoms with Crippen molar-refractivity contribution in [3.63, 3.8) is 0 Å². The second-order valence-corrected chi connectivity index (χ2v) is 4.38. The minimum atomic E-state index is 0.397. The van der Waals surface area contributed by atoms with Crippen LogP contribution in [-0.4, -0.2) is 33.0 Å². The van der Waals surface area contributed by atoms with Gasteiger partial charge in [0.1, 0.15) is 0 Å². The molecule has 0 amide bonds. The minimum Gasteiger partial charge on any atom is -0.339 e. The zero-order chi connectivity index (χ0) is 11.7. The summed E-state index contributed by atoms with van der Waals surface area (Å²) in [6, 6.07) is 0. The fraction of sp³-hybridized carbons (Fsp3) is 0.545. The Kier molecular flexibility index (Phi) is 2.64. The molecule has 2 aromatic rings. The van der Waals surface area contributed by atoms with Gasteiger partial charge in [-0.15, -0.1) is 0 Å². The van der Waals surface area contributed by atoms with Gasteiger partial charge in [-0.1, -0.05) is 5.16 Å². The van der Waals surface area contributed by atoms with Crippen LogP contribution in [0.5, 0.6) is 0 Å². The van der Waals surface area contributed by atoms with Crippen LogP contribution in [0.25, 0.3) is 11.4 Å². The molecule has 1 aliphatic rings. The van der Waals surface area contributed by atoms with Crippen molar-refractivity contribution in [3.8, 4) is 11.4 Å². The molecule has 0 bridgehead atoms. The van der Waals surface area contributed by atoms with Crippen molar-refractivity contribution in [1.29, 1.82) is 0 Å². The van der Waals surface area contributed by atoms with Crippen LogP contribution in [0.15, 0.2) is 16.9 Å². The summed E-state index contributed by atoms with van der Waals surface area (Å²) in [5.74, 6) is 1.78. The Hall–Kier alpha value is -1.69. The van der Waals surface area contributed by atoms with E-state index in [0.29, 0.717) is 11.7 Å². The fourth-order valence-electron chi connectivity index (χ4n) is 2.12. The second kappa shape index (κ2) is 4.29. The molecule has 0 atom stereocenters. The summed E-state index contributed by atoms with van der Waals surface area (Å²) in [6.07, 6.45) is 5.76. The number of aryl methyl sites for hydroxylation is 1. The van der Waals surface area contributed by atoms with E-state index in [1.165, 1.54) is 0 Å². The zero-order valence-electron chi connectivity index (χ0n) is 9.76. The van der Waals surface area contributed by atoms with E-state index in [1.54, 1.807) is 10.9 Å². The van der Waals surface area contributed by atoms with Gasteiger partial charge in [-0.25, -0.2) is 0 Å². The van der Waals surface area contributed by atoms with Crippen LogP contribution in [0.3, 0.4) is 0 Å². The average Bonchev–Trinajstić information content (AvgIpc) is 2.98. The number of rotatable bonds is 2. The predicted molar refractivity (Wildman–Crippen MR) is 61.3 cm³/mol. The smallest absolute Gasteiger partial charge is 0.230 e. The largest absolute Gasteiger partial charge is 0.339 e. The van der Waals surface area contributed by atoms with Gasteiger partial charge >= 0.3 is 0 Å². The molecule has 1 saturated heterocycles. The van der Waals surface area contributed by atoms with Gasteiger partial charge in [-0.05, 0) is 25.9 Å². The van der Waals surface area contributed by atoms with E-state index in [0.717, 1.165) is 37.4 Å². The van der Waals surface area contributed by atoms with E-state index in [1.807, 2.05) is 13.2 Å². The zero-order valence-corrected chi connectivity index (χ0v) is 9.76. The van der Waals surface area contributed by atoms with E-state index in [4.69, 9.17) is 4.52 Å². The summed E-state index contributed by atoms with van der Waals surface area (Å²) in [5.41, 5.74) is 0.899. The maximum Gasteiger partial charge on any atom is 0.230 e. The van der Waals surface area contributed by atoms with Gasteiger partial charge in [0.05, 0.1) is 11.8 Å². The van der Waals surface area contributed by atoms with Crippen molar-refractivity contribution >= 4 is 0 Å².